The molecule has 0 radical (unpaired) electrons. The van der Waals surface area contributed by atoms with Crippen molar-refractivity contribution in [2.75, 3.05) is 7.11 Å². The van der Waals surface area contributed by atoms with Gasteiger partial charge in [0.25, 0.3) is 0 Å². The highest BCUT2D eigenvalue weighted by Gasteiger charge is 2.14. The Hall–Kier alpha value is -1.61. The number of hydrogen-bond donors (Lipinski definition) is 1. The molecular weight excluding hydrogens is 214 g/mol. The van der Waals surface area contributed by atoms with E-state index in [4.69, 9.17) is 10.5 Å². The minimum atomic E-state index is -0.474. The number of hydrogen-bond acceptors (Lipinski definition) is 3. The molecule has 0 spiro atoms. The lowest BCUT2D eigenvalue weighted by molar-refractivity contribution is -0.119. The maximum Gasteiger partial charge on any atom is 0.154 e. The molecule has 1 aromatic carbocycles. The lowest BCUT2D eigenvalue weighted by atomic mass is 10.00. The van der Waals surface area contributed by atoms with Crippen LogP contribution in [0.4, 0.5) is 0 Å². The molecular formula is C14H19NO2. The second-order valence-electron chi connectivity index (χ2n) is 4.09. The zero-order valence-electron chi connectivity index (χ0n) is 10.4. The van der Waals surface area contributed by atoms with E-state index in [1.807, 2.05) is 25.1 Å². The topological polar surface area (TPSA) is 52.3 Å². The number of aryl methyl sites for hydroxylation is 1. The van der Waals surface area contributed by atoms with Gasteiger partial charge in [-0.3, -0.25) is 4.79 Å². The highest BCUT2D eigenvalue weighted by atomic mass is 16.5. The molecule has 0 aliphatic rings. The summed E-state index contributed by atoms with van der Waals surface area (Å²) in [6, 6.07) is 5.31. The van der Waals surface area contributed by atoms with Crippen molar-refractivity contribution in [3.63, 3.8) is 0 Å². The molecule has 0 aliphatic heterocycles. The van der Waals surface area contributed by atoms with Crippen molar-refractivity contribution in [1.82, 2.24) is 0 Å². The quantitative estimate of drug-likeness (QED) is 0.765. The summed E-state index contributed by atoms with van der Waals surface area (Å²) in [5.74, 6) is 0.739. The van der Waals surface area contributed by atoms with Gasteiger partial charge in [-0.2, -0.15) is 0 Å². The Morgan fingerprint density at radius 1 is 1.59 bits per heavy atom. The molecule has 0 saturated heterocycles. The second-order valence-corrected chi connectivity index (χ2v) is 4.09. The number of carbonyl (C=O) groups excluding carboxylic acids is 1. The number of nitrogens with two attached hydrogens (primary N) is 1. The Balaban J connectivity index is 2.83. The summed E-state index contributed by atoms with van der Waals surface area (Å²) in [6.45, 7) is 5.56. The van der Waals surface area contributed by atoms with Crippen LogP contribution in [-0.2, 0) is 11.2 Å². The van der Waals surface area contributed by atoms with Gasteiger partial charge in [0.15, 0.2) is 5.78 Å². The summed E-state index contributed by atoms with van der Waals surface area (Å²) >= 11 is 0. The van der Waals surface area contributed by atoms with E-state index in [1.54, 1.807) is 13.2 Å². The van der Waals surface area contributed by atoms with Gasteiger partial charge in [0, 0.05) is 12.0 Å². The minimum absolute atomic E-state index is 0.00815. The number of Topliss-reactive ketones (excluding diaryl/α,β-unsaturated/α-hetero) is 1. The molecule has 0 amide bonds. The van der Waals surface area contributed by atoms with Gasteiger partial charge in [0.1, 0.15) is 5.75 Å². The van der Waals surface area contributed by atoms with Gasteiger partial charge in [0.05, 0.1) is 13.2 Å². The smallest absolute Gasteiger partial charge is 0.154 e. The Morgan fingerprint density at radius 2 is 2.29 bits per heavy atom. The van der Waals surface area contributed by atoms with Crippen LogP contribution in [0.15, 0.2) is 30.9 Å². The predicted molar refractivity (Wildman–Crippen MR) is 69.2 cm³/mol. The molecule has 1 rings (SSSR count). The molecule has 92 valence electrons. The highest BCUT2D eigenvalue weighted by molar-refractivity contribution is 5.86. The average molecular weight is 233 g/mol. The molecule has 0 bridgehead atoms. The van der Waals surface area contributed by atoms with Crippen LogP contribution in [0.25, 0.3) is 0 Å². The fourth-order valence-corrected chi connectivity index (χ4v) is 1.68. The Kier molecular flexibility index (Phi) is 4.91. The van der Waals surface area contributed by atoms with Gasteiger partial charge < -0.3 is 10.5 Å². The van der Waals surface area contributed by atoms with Crippen LogP contribution >= 0.6 is 0 Å². The van der Waals surface area contributed by atoms with Crippen LogP contribution in [0, 0.1) is 6.92 Å². The highest BCUT2D eigenvalue weighted by Crippen LogP contribution is 2.20. The lowest BCUT2D eigenvalue weighted by Crippen LogP contribution is -2.31. The summed E-state index contributed by atoms with van der Waals surface area (Å²) in [4.78, 5) is 11.9. The molecule has 0 saturated carbocycles. The molecule has 0 fully saturated rings. The minimum Gasteiger partial charge on any atom is -0.496 e. The fraction of sp³-hybridized carbons (Fsp3) is 0.357. The van der Waals surface area contributed by atoms with Gasteiger partial charge in [-0.1, -0.05) is 23.8 Å². The summed E-state index contributed by atoms with van der Waals surface area (Å²) in [5.41, 5.74) is 7.73. The average Bonchev–Trinajstić information content (AvgIpc) is 2.29. The van der Waals surface area contributed by atoms with E-state index in [1.165, 1.54) is 0 Å². The van der Waals surface area contributed by atoms with Gasteiger partial charge in [-0.15, -0.1) is 6.58 Å². The number of benzene rings is 1. The second kappa shape index (κ2) is 6.21. The van der Waals surface area contributed by atoms with E-state index in [-0.39, 0.29) is 5.78 Å². The van der Waals surface area contributed by atoms with Crippen molar-refractivity contribution < 1.29 is 9.53 Å². The molecule has 3 heteroatoms. The van der Waals surface area contributed by atoms with Gasteiger partial charge in [-0.05, 0) is 19.4 Å². The molecule has 2 N–H and O–H groups in total. The number of ether oxygens (including phenoxy) is 1. The number of carbonyl (C=O) groups is 1. The molecule has 3 nitrogen and oxygen atoms in total. The van der Waals surface area contributed by atoms with E-state index in [0.717, 1.165) is 16.9 Å². The Labute approximate surface area is 102 Å². The van der Waals surface area contributed by atoms with Crippen molar-refractivity contribution in [1.29, 1.82) is 0 Å². The third kappa shape index (κ3) is 3.71. The Morgan fingerprint density at radius 3 is 2.88 bits per heavy atom. The monoisotopic (exact) mass is 233 g/mol. The van der Waals surface area contributed by atoms with E-state index >= 15 is 0 Å². The maximum absolute atomic E-state index is 11.9. The zero-order chi connectivity index (χ0) is 12.8. The van der Waals surface area contributed by atoms with Crippen molar-refractivity contribution in [2.24, 2.45) is 5.73 Å². The van der Waals surface area contributed by atoms with Crippen LogP contribution in [0.5, 0.6) is 5.75 Å². The summed E-state index contributed by atoms with van der Waals surface area (Å²) in [6.07, 6.45) is 2.48. The van der Waals surface area contributed by atoms with Gasteiger partial charge in [0.2, 0.25) is 0 Å². The van der Waals surface area contributed by atoms with Crippen LogP contribution < -0.4 is 10.5 Å². The molecule has 1 unspecified atom stereocenters. The van der Waals surface area contributed by atoms with E-state index in [0.29, 0.717) is 12.8 Å². The van der Waals surface area contributed by atoms with Crippen molar-refractivity contribution >= 4 is 5.78 Å². The van der Waals surface area contributed by atoms with Crippen LogP contribution in [0.1, 0.15) is 17.5 Å². The number of rotatable bonds is 6. The van der Waals surface area contributed by atoms with Crippen LogP contribution in [0.2, 0.25) is 0 Å². The lowest BCUT2D eigenvalue weighted by Gasteiger charge is -2.11. The first-order chi connectivity index (χ1) is 8.08. The molecule has 1 atom stereocenters. The summed E-state index contributed by atoms with van der Waals surface area (Å²) < 4.78 is 5.23. The third-order valence-electron chi connectivity index (χ3n) is 2.63. The molecule has 0 aromatic heterocycles. The van der Waals surface area contributed by atoms with Crippen molar-refractivity contribution in [3.8, 4) is 5.75 Å². The first-order valence-electron chi connectivity index (χ1n) is 5.61. The Bertz CT molecular complexity index is 413. The van der Waals surface area contributed by atoms with Gasteiger partial charge in [-0.25, -0.2) is 0 Å². The summed E-state index contributed by atoms with van der Waals surface area (Å²) in [5, 5.41) is 0. The van der Waals surface area contributed by atoms with Crippen molar-refractivity contribution in [2.45, 2.75) is 25.8 Å². The fourth-order valence-electron chi connectivity index (χ4n) is 1.68. The van der Waals surface area contributed by atoms with E-state index in [2.05, 4.69) is 6.58 Å². The SMILES string of the molecule is C=CCC(N)C(=O)Cc1cc(C)ccc1OC. The molecule has 17 heavy (non-hydrogen) atoms. The normalized spacial score (nSPS) is 11.9. The first-order valence-corrected chi connectivity index (χ1v) is 5.61. The zero-order valence-corrected chi connectivity index (χ0v) is 10.4. The first kappa shape index (κ1) is 13.5. The van der Waals surface area contributed by atoms with E-state index < -0.39 is 6.04 Å². The standard InChI is InChI=1S/C14H19NO2/c1-4-5-12(15)13(16)9-11-8-10(2)6-7-14(11)17-3/h4,6-8,12H,1,5,9,15H2,2-3H3. The maximum atomic E-state index is 11.9. The molecule has 0 aliphatic carbocycles. The molecule has 0 heterocycles. The third-order valence-corrected chi connectivity index (χ3v) is 2.63. The van der Waals surface area contributed by atoms with Gasteiger partial charge >= 0.3 is 0 Å². The summed E-state index contributed by atoms with van der Waals surface area (Å²) in [7, 11) is 1.60. The van der Waals surface area contributed by atoms with E-state index in [9.17, 15) is 4.79 Å². The number of methoxy groups -OCH3 is 1. The largest absolute Gasteiger partial charge is 0.496 e. The van der Waals surface area contributed by atoms with Crippen molar-refractivity contribution in [3.05, 3.63) is 42.0 Å². The molecule has 1 aromatic rings. The van der Waals surface area contributed by atoms with Crippen LogP contribution in [0.3, 0.4) is 0 Å². The van der Waals surface area contributed by atoms with Crippen LogP contribution in [-0.4, -0.2) is 18.9 Å². The predicted octanol–water partition coefficient (Wildman–Crippen LogP) is 2.02. The number of ketones is 1.